The van der Waals surface area contributed by atoms with Crippen molar-refractivity contribution >= 4 is 31.1 Å². The van der Waals surface area contributed by atoms with Crippen molar-refractivity contribution in [3.63, 3.8) is 0 Å². The van der Waals surface area contributed by atoms with Gasteiger partial charge in [-0.2, -0.15) is 0 Å². The van der Waals surface area contributed by atoms with E-state index in [9.17, 15) is 9.59 Å². The molecule has 0 aliphatic carbocycles. The molecule has 0 bridgehead atoms. The van der Waals surface area contributed by atoms with Crippen molar-refractivity contribution in [3.8, 4) is 0 Å². The molecular weight excluding hydrogens is 399 g/mol. The summed E-state index contributed by atoms with van der Waals surface area (Å²) in [6, 6.07) is 0. The SMILES string of the molecule is CCCC(=O)[O][Sn]([CH2]C=C(C)C)([CH2]C=C(C)C)[O]C(=O)CCC. The minimum absolute atomic E-state index is 0.239. The fourth-order valence-electron chi connectivity index (χ4n) is 1.92. The van der Waals surface area contributed by atoms with E-state index in [1.165, 1.54) is 0 Å². The van der Waals surface area contributed by atoms with Gasteiger partial charge in [0.05, 0.1) is 0 Å². The van der Waals surface area contributed by atoms with E-state index in [1.54, 1.807) is 0 Å². The van der Waals surface area contributed by atoms with Crippen molar-refractivity contribution in [3.05, 3.63) is 23.3 Å². The van der Waals surface area contributed by atoms with E-state index in [0.29, 0.717) is 21.7 Å². The van der Waals surface area contributed by atoms with Crippen LogP contribution in [0.1, 0.15) is 67.2 Å². The van der Waals surface area contributed by atoms with Crippen LogP contribution in [-0.2, 0) is 15.7 Å². The Kier molecular flexibility index (Phi) is 11.3. The molecule has 0 atom stereocenters. The number of carbonyl (C=O) groups is 2. The third kappa shape index (κ3) is 10.6. The molecule has 0 aromatic heterocycles. The van der Waals surface area contributed by atoms with Gasteiger partial charge in [0, 0.05) is 0 Å². The van der Waals surface area contributed by atoms with Gasteiger partial charge in [-0.3, -0.25) is 0 Å². The molecule has 5 heteroatoms. The average Bonchev–Trinajstić information content (AvgIpc) is 2.43. The maximum atomic E-state index is 12.1. The van der Waals surface area contributed by atoms with Gasteiger partial charge >= 0.3 is 146 Å². The van der Waals surface area contributed by atoms with Gasteiger partial charge < -0.3 is 0 Å². The minimum atomic E-state index is -3.86. The summed E-state index contributed by atoms with van der Waals surface area (Å²) in [5.41, 5.74) is 2.28. The van der Waals surface area contributed by atoms with E-state index in [-0.39, 0.29) is 11.9 Å². The monoisotopic (exact) mass is 432 g/mol. The predicted octanol–water partition coefficient (Wildman–Crippen LogP) is 5.05. The fourth-order valence-corrected chi connectivity index (χ4v) is 10.5. The summed E-state index contributed by atoms with van der Waals surface area (Å²) in [6.45, 7) is 11.9. The number of carbonyl (C=O) groups excluding carboxylic acids is 2. The first-order valence-corrected chi connectivity index (χ1v) is 14.8. The standard InChI is InChI=1S/2C5H9.2C4H8O2.Sn/c2*1-4-5(2)3;2*1-2-3-4(5)6;/h2*4H,1H2,2-3H3;2*2-3H2,1H3,(H,5,6);/q;;;;+2/p-2. The Balaban J connectivity index is 5.47. The number of allylic oxidation sites excluding steroid dienone is 4. The van der Waals surface area contributed by atoms with Crippen molar-refractivity contribution in [2.24, 2.45) is 0 Å². The van der Waals surface area contributed by atoms with Gasteiger partial charge in [-0.1, -0.05) is 0 Å². The summed E-state index contributed by atoms with van der Waals surface area (Å²) in [7, 11) is 0. The first-order chi connectivity index (χ1) is 10.7. The molecule has 0 saturated carbocycles. The van der Waals surface area contributed by atoms with E-state index in [0.717, 1.165) is 24.0 Å². The quantitative estimate of drug-likeness (QED) is 0.359. The third-order valence-electron chi connectivity index (χ3n) is 3.15. The molecule has 0 radical (unpaired) electrons. The molecule has 0 N–H and O–H groups in total. The van der Waals surface area contributed by atoms with E-state index >= 15 is 0 Å². The number of hydrogen-bond acceptors (Lipinski definition) is 4. The summed E-state index contributed by atoms with van der Waals surface area (Å²) in [4.78, 5) is 24.2. The molecule has 132 valence electrons. The van der Waals surface area contributed by atoms with Gasteiger partial charge in [-0.05, 0) is 0 Å². The molecule has 0 unspecified atom stereocenters. The molecule has 0 rings (SSSR count). The first kappa shape index (κ1) is 22.2. The molecule has 0 aromatic rings. The Morgan fingerprint density at radius 1 is 0.783 bits per heavy atom. The Hall–Kier alpha value is -0.781. The second kappa shape index (κ2) is 11.7. The molecule has 0 aromatic carbocycles. The van der Waals surface area contributed by atoms with Crippen molar-refractivity contribution < 1.29 is 15.7 Å². The number of hydrogen-bond donors (Lipinski definition) is 0. The average molecular weight is 431 g/mol. The van der Waals surface area contributed by atoms with Crippen LogP contribution in [0.5, 0.6) is 0 Å². The number of rotatable bonds is 10. The van der Waals surface area contributed by atoms with Crippen LogP contribution in [0.3, 0.4) is 0 Å². The van der Waals surface area contributed by atoms with Crippen molar-refractivity contribution in [1.82, 2.24) is 0 Å². The predicted molar refractivity (Wildman–Crippen MR) is 96.2 cm³/mol. The Morgan fingerprint density at radius 3 is 1.39 bits per heavy atom. The van der Waals surface area contributed by atoms with Crippen LogP contribution >= 0.6 is 0 Å². The zero-order chi connectivity index (χ0) is 17.9. The van der Waals surface area contributed by atoms with Crippen molar-refractivity contribution in [2.45, 2.75) is 76.1 Å². The summed E-state index contributed by atoms with van der Waals surface area (Å²) in [5.74, 6) is -0.478. The topological polar surface area (TPSA) is 52.6 Å². The summed E-state index contributed by atoms with van der Waals surface area (Å²) >= 11 is -3.86. The molecule has 0 spiro atoms. The first-order valence-electron chi connectivity index (χ1n) is 8.45. The zero-order valence-corrected chi connectivity index (χ0v) is 18.4. The molecule has 4 nitrogen and oxygen atoms in total. The maximum absolute atomic E-state index is 12.1. The molecule has 0 saturated heterocycles. The molecule has 0 aliphatic rings. The summed E-state index contributed by atoms with van der Waals surface area (Å²) in [5, 5.41) is 0. The second-order valence-electron chi connectivity index (χ2n) is 6.33. The van der Waals surface area contributed by atoms with Gasteiger partial charge in [0.2, 0.25) is 0 Å². The zero-order valence-electron chi connectivity index (χ0n) is 15.5. The van der Waals surface area contributed by atoms with E-state index in [4.69, 9.17) is 6.15 Å². The van der Waals surface area contributed by atoms with Crippen LogP contribution in [0, 0.1) is 0 Å². The molecular formula is C18H32O4Sn. The van der Waals surface area contributed by atoms with E-state index in [2.05, 4.69) is 0 Å². The van der Waals surface area contributed by atoms with Gasteiger partial charge in [0.15, 0.2) is 0 Å². The normalized spacial score (nSPS) is 10.7. The Labute approximate surface area is 146 Å². The van der Waals surface area contributed by atoms with Crippen LogP contribution in [0.4, 0.5) is 0 Å². The van der Waals surface area contributed by atoms with Crippen LogP contribution < -0.4 is 0 Å². The van der Waals surface area contributed by atoms with Gasteiger partial charge in [0.25, 0.3) is 0 Å². The molecule has 0 amide bonds. The van der Waals surface area contributed by atoms with Crippen molar-refractivity contribution in [1.29, 1.82) is 0 Å². The second-order valence-corrected chi connectivity index (χ2v) is 15.0. The van der Waals surface area contributed by atoms with Gasteiger partial charge in [-0.25, -0.2) is 0 Å². The van der Waals surface area contributed by atoms with Crippen LogP contribution in [0.25, 0.3) is 0 Å². The summed E-state index contributed by atoms with van der Waals surface area (Å²) < 4.78 is 12.8. The van der Waals surface area contributed by atoms with Gasteiger partial charge in [-0.15, -0.1) is 0 Å². The molecule has 23 heavy (non-hydrogen) atoms. The summed E-state index contributed by atoms with van der Waals surface area (Å²) in [6.07, 6.45) is 6.27. The van der Waals surface area contributed by atoms with E-state index < -0.39 is 19.2 Å². The van der Waals surface area contributed by atoms with Crippen molar-refractivity contribution in [2.75, 3.05) is 0 Å². The Morgan fingerprint density at radius 2 is 1.13 bits per heavy atom. The molecule has 0 aliphatic heterocycles. The van der Waals surface area contributed by atoms with E-state index in [1.807, 2.05) is 53.7 Å². The third-order valence-corrected chi connectivity index (χ3v) is 11.3. The van der Waals surface area contributed by atoms with Crippen LogP contribution in [-0.4, -0.2) is 31.1 Å². The molecule has 0 heterocycles. The van der Waals surface area contributed by atoms with Crippen LogP contribution in [0.2, 0.25) is 8.87 Å². The fraction of sp³-hybridized carbons (Fsp3) is 0.667. The Bertz CT molecular complexity index is 402. The van der Waals surface area contributed by atoms with Gasteiger partial charge in [0.1, 0.15) is 0 Å². The molecule has 0 fully saturated rings. The van der Waals surface area contributed by atoms with Crippen LogP contribution in [0.15, 0.2) is 23.3 Å².